The Labute approximate surface area is 444 Å². The summed E-state index contributed by atoms with van der Waals surface area (Å²) in [5.41, 5.74) is 5.11. The number of hydrogen-bond donors (Lipinski definition) is 14. The summed E-state index contributed by atoms with van der Waals surface area (Å²) < 4.78 is 0. The maximum atomic E-state index is 12.8. The molecule has 0 bridgehead atoms. The molecule has 1 aliphatic rings. The van der Waals surface area contributed by atoms with Crippen molar-refractivity contribution in [3.8, 4) is 0 Å². The van der Waals surface area contributed by atoms with Crippen LogP contribution in [0.2, 0.25) is 0 Å². The van der Waals surface area contributed by atoms with E-state index in [0.717, 1.165) is 17.1 Å². The third-order valence-corrected chi connectivity index (χ3v) is 9.56. The molecule has 0 atom stereocenters. The number of hydrogen-bond acceptors (Lipinski definition) is 20. The first-order chi connectivity index (χ1) is 37.1. The van der Waals surface area contributed by atoms with Gasteiger partial charge in [-0.05, 0) is 0 Å². The lowest BCUT2D eigenvalue weighted by atomic mass is 10.3. The SMILES string of the molecule is NCC(=O)NCC(=O)N(CC(=O)O)CC(=O)NCC(=O)NCC(=O)N(CC(=O)O)CC(=O)NCCNC(=O)CN(CC(=O)O)C(=O)CNC(=O)CNC(=O)CN(CC(=O)O)C(=O)CNC(=O)CNC(=O)CCN1C(=O)C=CC1=O. The lowest BCUT2D eigenvalue weighted by Crippen LogP contribution is -2.50. The van der Waals surface area contributed by atoms with E-state index in [0.29, 0.717) is 19.6 Å². The molecule has 0 unspecified atom stereocenters. The number of carbonyl (C=O) groups is 19. The standard InChI is InChI=1S/C41H57N15O23/c42-7-24(58)48-11-34(68)54(21-40(76)77)17-30(64)46-9-26(60)50-12-35(69)52(19-38(72)73)15-28(62)43-4-5-44-29(63)16-53(20-39(74)75)36(70)13-51-27(61)10-47-31(65)18-55(22-41(78)79)37(71)14-49-25(59)8-45-23(57)3-6-56-32(66)1-2-33(56)67/h1-2H,3-22,42H2,(H,43,62)(H,44,63)(H,45,57)(H,46,64)(H,47,65)(H,48,58)(H,49,59)(H,50,60)(H,51,61)(H,72,73)(H,74,75)(H,76,77)(H,78,79). The number of aliphatic carboxylic acids is 4. The van der Waals surface area contributed by atoms with Gasteiger partial charge in [-0.15, -0.1) is 0 Å². The third kappa shape index (κ3) is 29.5. The van der Waals surface area contributed by atoms with E-state index in [1.807, 2.05) is 0 Å². The second-order valence-electron chi connectivity index (χ2n) is 15.8. The van der Waals surface area contributed by atoms with E-state index in [-0.39, 0.29) is 26.1 Å². The van der Waals surface area contributed by atoms with Crippen molar-refractivity contribution in [2.75, 3.05) is 124 Å². The third-order valence-electron chi connectivity index (χ3n) is 9.56. The minimum absolute atomic E-state index is 0.268. The van der Waals surface area contributed by atoms with Gasteiger partial charge in [0.1, 0.15) is 52.4 Å². The van der Waals surface area contributed by atoms with Gasteiger partial charge in [-0.1, -0.05) is 0 Å². The number of imide groups is 1. The maximum absolute atomic E-state index is 12.8. The van der Waals surface area contributed by atoms with Crippen molar-refractivity contribution in [1.29, 1.82) is 0 Å². The fourth-order valence-electron chi connectivity index (χ4n) is 5.80. The Morgan fingerprint density at radius 2 is 0.608 bits per heavy atom. The molecule has 1 aliphatic heterocycles. The van der Waals surface area contributed by atoms with E-state index in [2.05, 4.69) is 47.9 Å². The summed E-state index contributed by atoms with van der Waals surface area (Å²) in [4.78, 5) is 232. The van der Waals surface area contributed by atoms with Crippen molar-refractivity contribution in [2.24, 2.45) is 5.73 Å². The Kier molecular flexibility index (Phi) is 29.7. The summed E-state index contributed by atoms with van der Waals surface area (Å²) in [6.45, 7) is -14.9. The highest BCUT2D eigenvalue weighted by atomic mass is 16.4. The summed E-state index contributed by atoms with van der Waals surface area (Å²) in [6, 6.07) is 0. The summed E-state index contributed by atoms with van der Waals surface area (Å²) >= 11 is 0. The highest BCUT2D eigenvalue weighted by Crippen LogP contribution is 2.04. The Morgan fingerprint density at radius 3 is 0.886 bits per heavy atom. The zero-order chi connectivity index (χ0) is 59.8. The molecule has 0 aromatic carbocycles. The number of amides is 15. The zero-order valence-electron chi connectivity index (χ0n) is 41.7. The molecule has 79 heavy (non-hydrogen) atoms. The molecular weight excluding hydrogens is 1070 g/mol. The molecule has 15 amide bonds. The van der Waals surface area contributed by atoms with Crippen LogP contribution in [0.5, 0.6) is 0 Å². The second kappa shape index (κ2) is 35.2. The molecular formula is C41H57N15O23. The molecule has 0 radical (unpaired) electrons. The summed E-state index contributed by atoms with van der Waals surface area (Å²) in [6.07, 6.45) is 1.68. The van der Waals surface area contributed by atoms with Crippen molar-refractivity contribution in [2.45, 2.75) is 6.42 Å². The molecule has 0 aromatic rings. The van der Waals surface area contributed by atoms with Crippen LogP contribution in [0.3, 0.4) is 0 Å². The highest BCUT2D eigenvalue weighted by Gasteiger charge is 2.27. The van der Waals surface area contributed by atoms with Crippen molar-refractivity contribution in [3.05, 3.63) is 12.2 Å². The van der Waals surface area contributed by atoms with E-state index in [4.69, 9.17) is 10.8 Å². The van der Waals surface area contributed by atoms with Crippen LogP contribution in [0, 0.1) is 0 Å². The van der Waals surface area contributed by atoms with E-state index in [1.165, 1.54) is 0 Å². The first-order valence-electron chi connectivity index (χ1n) is 22.7. The molecule has 1 rings (SSSR count). The molecule has 0 saturated carbocycles. The highest BCUT2D eigenvalue weighted by molar-refractivity contribution is 6.13. The predicted molar refractivity (Wildman–Crippen MR) is 253 cm³/mol. The molecule has 434 valence electrons. The molecule has 38 heteroatoms. The minimum Gasteiger partial charge on any atom is -0.480 e. The topological polar surface area (TPSA) is 556 Å². The smallest absolute Gasteiger partial charge is 0.323 e. The van der Waals surface area contributed by atoms with Gasteiger partial charge in [-0.25, -0.2) is 0 Å². The van der Waals surface area contributed by atoms with Gasteiger partial charge in [0.2, 0.25) is 76.8 Å². The first-order valence-corrected chi connectivity index (χ1v) is 22.7. The van der Waals surface area contributed by atoms with Crippen molar-refractivity contribution >= 4 is 112 Å². The number of nitrogens with two attached hydrogens (primary N) is 1. The average Bonchev–Trinajstić information content (AvgIpc) is 3.70. The summed E-state index contributed by atoms with van der Waals surface area (Å²) in [5.74, 6) is -20.3. The number of nitrogens with zero attached hydrogens (tertiary/aromatic N) is 5. The van der Waals surface area contributed by atoms with Crippen LogP contribution < -0.4 is 53.6 Å². The molecule has 0 fully saturated rings. The molecule has 15 N–H and O–H groups in total. The van der Waals surface area contributed by atoms with Gasteiger partial charge in [0.15, 0.2) is 0 Å². The molecule has 0 spiro atoms. The average molecular weight is 1130 g/mol. The Balaban J connectivity index is 2.57. The number of nitrogens with one attached hydrogen (secondary N) is 9. The van der Waals surface area contributed by atoms with Crippen LogP contribution in [0.4, 0.5) is 0 Å². The van der Waals surface area contributed by atoms with Crippen molar-refractivity contribution in [3.63, 3.8) is 0 Å². The Bertz CT molecular complexity index is 2410. The number of carboxylic acids is 4. The van der Waals surface area contributed by atoms with Crippen LogP contribution in [0.15, 0.2) is 12.2 Å². The van der Waals surface area contributed by atoms with E-state index in [9.17, 15) is 106 Å². The van der Waals surface area contributed by atoms with Gasteiger partial charge < -0.3 is 93.6 Å². The van der Waals surface area contributed by atoms with E-state index >= 15 is 0 Å². The van der Waals surface area contributed by atoms with Crippen molar-refractivity contribution in [1.82, 2.24) is 72.4 Å². The normalized spacial score (nSPS) is 11.1. The Hall–Kier alpha value is -10.2. The fourth-order valence-corrected chi connectivity index (χ4v) is 5.80. The van der Waals surface area contributed by atoms with Gasteiger partial charge in [0.25, 0.3) is 11.8 Å². The number of rotatable bonds is 37. The van der Waals surface area contributed by atoms with Crippen LogP contribution in [-0.4, -0.2) is 282 Å². The zero-order valence-corrected chi connectivity index (χ0v) is 41.7. The van der Waals surface area contributed by atoms with Crippen molar-refractivity contribution < 1.29 is 112 Å². The van der Waals surface area contributed by atoms with Crippen LogP contribution in [-0.2, 0) is 91.1 Å². The van der Waals surface area contributed by atoms with Gasteiger partial charge in [-0.3, -0.25) is 96.0 Å². The Morgan fingerprint density at radius 1 is 0.354 bits per heavy atom. The lowest BCUT2D eigenvalue weighted by molar-refractivity contribution is -0.146. The quantitative estimate of drug-likeness (QED) is 0.0203. The van der Waals surface area contributed by atoms with Gasteiger partial charge in [-0.2, -0.15) is 0 Å². The minimum atomic E-state index is -1.59. The van der Waals surface area contributed by atoms with Crippen LogP contribution in [0.25, 0.3) is 0 Å². The molecule has 0 aromatic heterocycles. The fraction of sp³-hybridized carbons (Fsp3) is 0.488. The largest absolute Gasteiger partial charge is 0.480 e. The second-order valence-corrected chi connectivity index (χ2v) is 15.8. The predicted octanol–water partition coefficient (Wildman–Crippen LogP) is -13.0. The first kappa shape index (κ1) is 66.8. The molecule has 1 heterocycles. The van der Waals surface area contributed by atoms with Crippen LogP contribution in [0.1, 0.15) is 6.42 Å². The summed E-state index contributed by atoms with van der Waals surface area (Å²) in [5, 5.41) is 55.9. The van der Waals surface area contributed by atoms with E-state index in [1.54, 1.807) is 0 Å². The number of carboxylic acid groups (broad SMARTS) is 4. The maximum Gasteiger partial charge on any atom is 0.323 e. The van der Waals surface area contributed by atoms with E-state index < -0.39 is 217 Å². The molecule has 38 nitrogen and oxygen atoms in total. The van der Waals surface area contributed by atoms with Gasteiger partial charge >= 0.3 is 23.9 Å². The molecule has 0 aliphatic carbocycles. The number of carbonyl (C=O) groups excluding carboxylic acids is 15. The van der Waals surface area contributed by atoms with Gasteiger partial charge in [0, 0.05) is 38.2 Å². The van der Waals surface area contributed by atoms with Crippen LogP contribution >= 0.6 is 0 Å². The monoisotopic (exact) mass is 1130 g/mol. The molecule has 0 saturated heterocycles. The summed E-state index contributed by atoms with van der Waals surface area (Å²) in [7, 11) is 0. The van der Waals surface area contributed by atoms with Gasteiger partial charge in [0.05, 0.1) is 52.4 Å². The lowest BCUT2D eigenvalue weighted by Gasteiger charge is -2.22.